The number of urea groups is 1. The van der Waals surface area contributed by atoms with Gasteiger partial charge in [-0.3, -0.25) is 19.7 Å². The highest BCUT2D eigenvalue weighted by Crippen LogP contribution is 2.29. The minimum Gasteiger partial charge on any atom is -0.327 e. The molecule has 1 aliphatic rings. The van der Waals surface area contributed by atoms with Crippen molar-refractivity contribution in [2.45, 2.75) is 32.4 Å². The van der Waals surface area contributed by atoms with Crippen molar-refractivity contribution < 1.29 is 4.79 Å². The molecule has 126 valence electrons. The number of hydrogen-bond acceptors (Lipinski definition) is 3. The minimum absolute atomic E-state index is 0.272. The highest BCUT2D eigenvalue weighted by molar-refractivity contribution is 9.10. The predicted molar refractivity (Wildman–Crippen MR) is 94.4 cm³/mol. The Kier molecular flexibility index (Phi) is 4.57. The van der Waals surface area contributed by atoms with E-state index in [9.17, 15) is 14.4 Å². The zero-order valence-electron chi connectivity index (χ0n) is 13.1. The maximum Gasteiger partial charge on any atom is 0.329 e. The van der Waals surface area contributed by atoms with Gasteiger partial charge in [-0.1, -0.05) is 41.4 Å². The summed E-state index contributed by atoms with van der Waals surface area (Å²) in [5, 5.41) is 5.37. The summed E-state index contributed by atoms with van der Waals surface area (Å²) >= 11 is 3.36. The van der Waals surface area contributed by atoms with Crippen molar-refractivity contribution in [3.8, 4) is 0 Å². The Morgan fingerprint density at radius 2 is 1.88 bits per heavy atom. The molecule has 2 amide bonds. The van der Waals surface area contributed by atoms with Crippen molar-refractivity contribution in [3.63, 3.8) is 0 Å². The number of carbonyl (C=O) groups is 1. The number of unbranched alkanes of at least 4 members (excludes halogenated alkanes) is 1. The lowest BCUT2D eigenvalue weighted by Crippen LogP contribution is -2.46. The summed E-state index contributed by atoms with van der Waals surface area (Å²) in [7, 11) is 0. The van der Waals surface area contributed by atoms with Crippen LogP contribution in [-0.4, -0.2) is 15.6 Å². The number of nitrogens with one attached hydrogen (secondary N) is 3. The Labute approximate surface area is 146 Å². The SMILES string of the molecule is CCCCn1c2c(c(=O)[nH]c1=O)C(c1ccc(Br)cc1)NC(=O)N2. The number of anilines is 1. The molecule has 3 N–H and O–H groups in total. The Bertz CT molecular complexity index is 886. The van der Waals surface area contributed by atoms with Crippen LogP contribution in [0, 0.1) is 0 Å². The van der Waals surface area contributed by atoms with E-state index >= 15 is 0 Å². The number of benzene rings is 1. The number of fused-ring (bicyclic) bond motifs is 1. The lowest BCUT2D eigenvalue weighted by atomic mass is 9.98. The third-order valence-corrected chi connectivity index (χ3v) is 4.50. The van der Waals surface area contributed by atoms with Crippen LogP contribution in [0.4, 0.5) is 10.6 Å². The van der Waals surface area contributed by atoms with E-state index in [0.717, 1.165) is 22.9 Å². The van der Waals surface area contributed by atoms with Gasteiger partial charge in [0.25, 0.3) is 5.56 Å². The molecule has 1 atom stereocenters. The van der Waals surface area contributed by atoms with Gasteiger partial charge < -0.3 is 5.32 Å². The number of hydrogen-bond donors (Lipinski definition) is 3. The molecular formula is C16H17BrN4O3. The van der Waals surface area contributed by atoms with E-state index < -0.39 is 23.3 Å². The molecule has 0 bridgehead atoms. The van der Waals surface area contributed by atoms with Gasteiger partial charge in [0.2, 0.25) is 0 Å². The van der Waals surface area contributed by atoms with Crippen LogP contribution >= 0.6 is 15.9 Å². The number of aromatic nitrogens is 2. The fourth-order valence-electron chi connectivity index (χ4n) is 2.77. The van der Waals surface area contributed by atoms with Gasteiger partial charge in [0.05, 0.1) is 11.6 Å². The number of halogens is 1. The van der Waals surface area contributed by atoms with Gasteiger partial charge in [-0.25, -0.2) is 9.59 Å². The monoisotopic (exact) mass is 392 g/mol. The smallest absolute Gasteiger partial charge is 0.327 e. The van der Waals surface area contributed by atoms with Gasteiger partial charge in [-0.2, -0.15) is 0 Å². The van der Waals surface area contributed by atoms with Crippen LogP contribution in [0.15, 0.2) is 38.3 Å². The third-order valence-electron chi connectivity index (χ3n) is 3.97. The number of nitrogens with zero attached hydrogens (tertiary/aromatic N) is 1. The quantitative estimate of drug-likeness (QED) is 0.744. The average molecular weight is 393 g/mol. The van der Waals surface area contributed by atoms with Crippen LogP contribution in [0.2, 0.25) is 0 Å². The number of aromatic amines is 1. The summed E-state index contributed by atoms with van der Waals surface area (Å²) in [5.41, 5.74) is 0.0974. The van der Waals surface area contributed by atoms with Crippen LogP contribution in [0.25, 0.3) is 0 Å². The molecule has 3 rings (SSSR count). The molecule has 0 fully saturated rings. The Morgan fingerprint density at radius 3 is 2.54 bits per heavy atom. The number of amides is 2. The molecule has 0 saturated heterocycles. The van der Waals surface area contributed by atoms with E-state index in [1.54, 1.807) is 0 Å². The van der Waals surface area contributed by atoms with Gasteiger partial charge in [0.15, 0.2) is 0 Å². The molecule has 1 aromatic heterocycles. The number of rotatable bonds is 4. The maximum absolute atomic E-state index is 12.4. The third kappa shape index (κ3) is 3.01. The molecule has 0 radical (unpaired) electrons. The van der Waals surface area contributed by atoms with Crippen molar-refractivity contribution >= 4 is 27.8 Å². The number of H-pyrrole nitrogens is 1. The molecule has 8 heteroatoms. The summed E-state index contributed by atoms with van der Waals surface area (Å²) < 4.78 is 2.32. The first-order chi connectivity index (χ1) is 11.5. The number of carbonyl (C=O) groups excluding carboxylic acids is 1. The molecular weight excluding hydrogens is 376 g/mol. The summed E-state index contributed by atoms with van der Waals surface area (Å²) in [4.78, 5) is 39.0. The van der Waals surface area contributed by atoms with Crippen LogP contribution in [-0.2, 0) is 6.54 Å². The summed E-state index contributed by atoms with van der Waals surface area (Å²) in [6.45, 7) is 2.44. The summed E-state index contributed by atoms with van der Waals surface area (Å²) in [5.74, 6) is 0.272. The van der Waals surface area contributed by atoms with Gasteiger partial charge in [-0.05, 0) is 24.1 Å². The van der Waals surface area contributed by atoms with Gasteiger partial charge in [0.1, 0.15) is 5.82 Å². The van der Waals surface area contributed by atoms with Gasteiger partial charge in [0, 0.05) is 11.0 Å². The van der Waals surface area contributed by atoms with Crippen molar-refractivity contribution in [1.82, 2.24) is 14.9 Å². The Balaban J connectivity index is 2.18. The minimum atomic E-state index is -0.612. The normalized spacial score (nSPS) is 16.2. The predicted octanol–water partition coefficient (Wildman–Crippen LogP) is 2.32. The van der Waals surface area contributed by atoms with Crippen molar-refractivity contribution in [2.75, 3.05) is 5.32 Å². The highest BCUT2D eigenvalue weighted by Gasteiger charge is 2.31. The zero-order chi connectivity index (χ0) is 17.3. The first kappa shape index (κ1) is 16.5. The fraction of sp³-hybridized carbons (Fsp3) is 0.312. The maximum atomic E-state index is 12.4. The van der Waals surface area contributed by atoms with Crippen molar-refractivity contribution in [2.24, 2.45) is 0 Å². The molecule has 1 aromatic carbocycles. The first-order valence-corrected chi connectivity index (χ1v) is 8.50. The van der Waals surface area contributed by atoms with Crippen LogP contribution in [0.5, 0.6) is 0 Å². The molecule has 2 heterocycles. The van der Waals surface area contributed by atoms with E-state index in [4.69, 9.17) is 0 Å². The lowest BCUT2D eigenvalue weighted by molar-refractivity contribution is 0.248. The highest BCUT2D eigenvalue weighted by atomic mass is 79.9. The van der Waals surface area contributed by atoms with Crippen molar-refractivity contribution in [1.29, 1.82) is 0 Å². The second-order valence-corrected chi connectivity index (χ2v) is 6.53. The first-order valence-electron chi connectivity index (χ1n) is 7.71. The van der Waals surface area contributed by atoms with Gasteiger partial charge in [-0.15, -0.1) is 0 Å². The Morgan fingerprint density at radius 1 is 1.17 bits per heavy atom. The second-order valence-electron chi connectivity index (χ2n) is 5.61. The zero-order valence-corrected chi connectivity index (χ0v) is 14.6. The molecule has 0 saturated carbocycles. The van der Waals surface area contributed by atoms with Gasteiger partial charge >= 0.3 is 11.7 Å². The van der Waals surface area contributed by atoms with E-state index in [0.29, 0.717) is 12.1 Å². The largest absolute Gasteiger partial charge is 0.329 e. The molecule has 2 aromatic rings. The van der Waals surface area contributed by atoms with Crippen LogP contribution < -0.4 is 21.9 Å². The molecule has 0 aliphatic carbocycles. The standard InChI is InChI=1S/C16H17BrN4O3/c1-2-3-8-21-13-11(14(22)20-16(21)24)12(18-15(23)19-13)9-4-6-10(17)7-5-9/h4-7,12H,2-3,8H2,1H3,(H2,18,19,23)(H,20,22,24). The van der Waals surface area contributed by atoms with E-state index in [1.807, 2.05) is 31.2 Å². The van der Waals surface area contributed by atoms with E-state index in [2.05, 4.69) is 31.5 Å². The molecule has 7 nitrogen and oxygen atoms in total. The Hall–Kier alpha value is -2.35. The molecule has 1 aliphatic heterocycles. The average Bonchev–Trinajstić information content (AvgIpc) is 2.54. The van der Waals surface area contributed by atoms with Crippen molar-refractivity contribution in [3.05, 3.63) is 60.7 Å². The molecule has 0 spiro atoms. The summed E-state index contributed by atoms with van der Waals surface area (Å²) in [6, 6.07) is 6.27. The molecule has 24 heavy (non-hydrogen) atoms. The van der Waals surface area contributed by atoms with E-state index in [1.165, 1.54) is 4.57 Å². The van der Waals surface area contributed by atoms with Crippen LogP contribution in [0.1, 0.15) is 36.9 Å². The summed E-state index contributed by atoms with van der Waals surface area (Å²) in [6.07, 6.45) is 1.66. The van der Waals surface area contributed by atoms with E-state index in [-0.39, 0.29) is 5.82 Å². The molecule has 1 unspecified atom stereocenters. The second kappa shape index (κ2) is 6.64. The van der Waals surface area contributed by atoms with Crippen LogP contribution in [0.3, 0.4) is 0 Å². The fourth-order valence-corrected chi connectivity index (χ4v) is 3.04. The topological polar surface area (TPSA) is 96.0 Å². The lowest BCUT2D eigenvalue weighted by Gasteiger charge is -2.28.